The van der Waals surface area contributed by atoms with E-state index in [1.54, 1.807) is 30.3 Å². The van der Waals surface area contributed by atoms with E-state index in [4.69, 9.17) is 55.9 Å². The number of Topliss-reactive ketones (excluding diaryl/α,β-unsaturated/α-hetero) is 1. The quantitative estimate of drug-likeness (QED) is 0.210. The van der Waals surface area contributed by atoms with Crippen LogP contribution in [0.3, 0.4) is 0 Å². The molecule has 0 heterocycles. The van der Waals surface area contributed by atoms with Crippen LogP contribution in [-0.4, -0.2) is 29.5 Å². The molecule has 1 N–H and O–H groups in total. The molecule has 2 aromatic rings. The first kappa shape index (κ1) is 24.8. The number of benzene rings is 2. The minimum atomic E-state index is -1.01. The molecule has 0 saturated heterocycles. The number of rotatable bonds is 6. The number of carbonyl (C=O) groups excluding carboxylic acids is 2. The molecule has 0 unspecified atom stereocenters. The Balaban J connectivity index is 0.000000386. The summed E-state index contributed by atoms with van der Waals surface area (Å²) in [6.45, 7) is 4.09. The standard InChI is InChI=1S/C17H17Cl2NO3.C4H4Cl2O/c1-3-22-10-23-17(21)12-6-4-5-7-14(12)20-16-13(18)9-8-11(2)15(16)19;5-4(6)2-1-3(4)7/h4-9,20H,3,10H2,1-2H3;1-2H2. The van der Waals surface area contributed by atoms with Crippen LogP contribution >= 0.6 is 46.4 Å². The minimum Gasteiger partial charge on any atom is -0.435 e. The number of hydrogen-bond acceptors (Lipinski definition) is 5. The van der Waals surface area contributed by atoms with E-state index in [9.17, 15) is 9.59 Å². The van der Waals surface area contributed by atoms with Gasteiger partial charge in [0.05, 0.1) is 27.0 Å². The molecule has 0 amide bonds. The predicted molar refractivity (Wildman–Crippen MR) is 122 cm³/mol. The van der Waals surface area contributed by atoms with Crippen LogP contribution in [0.2, 0.25) is 10.0 Å². The van der Waals surface area contributed by atoms with E-state index >= 15 is 0 Å². The second-order valence-corrected chi connectivity index (χ2v) is 8.66. The second kappa shape index (κ2) is 11.2. The van der Waals surface area contributed by atoms with Crippen molar-refractivity contribution in [3.8, 4) is 0 Å². The zero-order valence-corrected chi connectivity index (χ0v) is 19.5. The molecule has 0 atom stereocenters. The molecule has 0 bridgehead atoms. The number of alkyl halides is 2. The van der Waals surface area contributed by atoms with Crippen LogP contribution in [0.4, 0.5) is 11.4 Å². The van der Waals surface area contributed by atoms with Crippen molar-refractivity contribution in [3.63, 3.8) is 0 Å². The Morgan fingerprint density at radius 2 is 1.83 bits per heavy atom. The molecule has 0 aliphatic heterocycles. The van der Waals surface area contributed by atoms with Gasteiger partial charge < -0.3 is 14.8 Å². The highest BCUT2D eigenvalue weighted by molar-refractivity contribution is 6.60. The highest BCUT2D eigenvalue weighted by Crippen LogP contribution is 2.38. The lowest BCUT2D eigenvalue weighted by atomic mass is 9.97. The van der Waals surface area contributed by atoms with Gasteiger partial charge in [-0.05, 0) is 44.0 Å². The van der Waals surface area contributed by atoms with Crippen LogP contribution in [-0.2, 0) is 14.3 Å². The molecular formula is C21H21Cl4NO4. The number of nitrogens with one attached hydrogen (secondary N) is 1. The maximum atomic E-state index is 12.2. The third-order valence-corrected chi connectivity index (χ3v) is 5.84. The second-order valence-electron chi connectivity index (χ2n) is 6.39. The first-order valence-corrected chi connectivity index (χ1v) is 10.6. The normalized spacial score (nSPS) is 14.3. The predicted octanol–water partition coefficient (Wildman–Crippen LogP) is 6.72. The van der Waals surface area contributed by atoms with Gasteiger partial charge >= 0.3 is 5.97 Å². The molecule has 5 nitrogen and oxygen atoms in total. The highest BCUT2D eigenvalue weighted by Gasteiger charge is 2.42. The first-order chi connectivity index (χ1) is 14.2. The molecule has 2 aromatic carbocycles. The Hall–Kier alpha value is -1.50. The van der Waals surface area contributed by atoms with Gasteiger partial charge in [-0.25, -0.2) is 4.79 Å². The number of ketones is 1. The van der Waals surface area contributed by atoms with Gasteiger partial charge in [-0.3, -0.25) is 4.79 Å². The third kappa shape index (κ3) is 6.50. The van der Waals surface area contributed by atoms with E-state index < -0.39 is 10.3 Å². The van der Waals surface area contributed by atoms with Gasteiger partial charge in [0, 0.05) is 13.0 Å². The fourth-order valence-corrected chi connectivity index (χ4v) is 3.19. The summed E-state index contributed by atoms with van der Waals surface area (Å²) in [6, 6.07) is 10.6. The molecule has 1 fully saturated rings. The lowest BCUT2D eigenvalue weighted by molar-refractivity contribution is -0.124. The number of esters is 1. The van der Waals surface area contributed by atoms with Crippen molar-refractivity contribution in [1.82, 2.24) is 0 Å². The van der Waals surface area contributed by atoms with Crippen LogP contribution in [0, 0.1) is 6.92 Å². The molecule has 1 aliphatic rings. The Kier molecular flexibility index (Phi) is 9.26. The average molecular weight is 493 g/mol. The van der Waals surface area contributed by atoms with Gasteiger partial charge in [-0.2, -0.15) is 0 Å². The van der Waals surface area contributed by atoms with Crippen molar-refractivity contribution in [1.29, 1.82) is 0 Å². The van der Waals surface area contributed by atoms with Crippen LogP contribution < -0.4 is 5.32 Å². The summed E-state index contributed by atoms with van der Waals surface area (Å²) in [7, 11) is 0. The Morgan fingerprint density at radius 1 is 1.17 bits per heavy atom. The zero-order valence-electron chi connectivity index (χ0n) is 16.4. The number of para-hydroxylation sites is 1. The van der Waals surface area contributed by atoms with E-state index in [-0.39, 0.29) is 12.6 Å². The third-order valence-electron chi connectivity index (χ3n) is 4.24. The Labute approximate surface area is 195 Å². The fourth-order valence-electron chi connectivity index (χ4n) is 2.35. The lowest BCUT2D eigenvalue weighted by Gasteiger charge is -2.25. The number of aryl methyl sites for hydroxylation is 1. The molecule has 1 saturated carbocycles. The van der Waals surface area contributed by atoms with Gasteiger partial charge in [0.1, 0.15) is 0 Å². The molecule has 30 heavy (non-hydrogen) atoms. The summed E-state index contributed by atoms with van der Waals surface area (Å²) in [5, 5.41) is 4.10. The lowest BCUT2D eigenvalue weighted by Crippen LogP contribution is -2.36. The van der Waals surface area contributed by atoms with Crippen molar-refractivity contribution >= 4 is 69.5 Å². The van der Waals surface area contributed by atoms with Crippen LogP contribution in [0.15, 0.2) is 36.4 Å². The number of hydrogen-bond donors (Lipinski definition) is 1. The average Bonchev–Trinajstić information content (AvgIpc) is 2.73. The number of ether oxygens (including phenoxy) is 2. The summed E-state index contributed by atoms with van der Waals surface area (Å²) in [5.41, 5.74) is 2.37. The molecular weight excluding hydrogens is 472 g/mol. The summed E-state index contributed by atoms with van der Waals surface area (Å²) < 4.78 is 9.08. The van der Waals surface area contributed by atoms with Crippen molar-refractivity contribution in [2.45, 2.75) is 31.0 Å². The molecule has 0 aromatic heterocycles. The number of halogens is 4. The van der Waals surface area contributed by atoms with E-state index in [0.29, 0.717) is 46.4 Å². The van der Waals surface area contributed by atoms with Gasteiger partial charge in [-0.1, -0.05) is 64.6 Å². The summed E-state index contributed by atoms with van der Waals surface area (Å²) >= 11 is 23.2. The van der Waals surface area contributed by atoms with E-state index in [0.717, 1.165) is 5.56 Å². The first-order valence-electron chi connectivity index (χ1n) is 9.14. The maximum absolute atomic E-state index is 12.2. The molecule has 3 rings (SSSR count). The van der Waals surface area contributed by atoms with Crippen molar-refractivity contribution in [2.75, 3.05) is 18.7 Å². The van der Waals surface area contributed by atoms with Gasteiger partial charge in [0.25, 0.3) is 0 Å². The van der Waals surface area contributed by atoms with E-state index in [1.165, 1.54) is 0 Å². The SMILES string of the molecule is CCOCOC(=O)c1ccccc1Nc1c(Cl)ccc(C)c1Cl.O=C1CCC1(Cl)Cl. The molecule has 9 heteroatoms. The van der Waals surface area contributed by atoms with Crippen molar-refractivity contribution in [3.05, 3.63) is 57.6 Å². The van der Waals surface area contributed by atoms with Crippen LogP contribution in [0.5, 0.6) is 0 Å². The number of anilines is 2. The fraction of sp³-hybridized carbons (Fsp3) is 0.333. The number of carbonyl (C=O) groups is 2. The smallest absolute Gasteiger partial charge is 0.342 e. The largest absolute Gasteiger partial charge is 0.435 e. The monoisotopic (exact) mass is 491 g/mol. The zero-order chi connectivity index (χ0) is 22.3. The topological polar surface area (TPSA) is 64.6 Å². The molecule has 1 aliphatic carbocycles. The summed E-state index contributed by atoms with van der Waals surface area (Å²) in [5.74, 6) is -0.530. The molecule has 162 valence electrons. The summed E-state index contributed by atoms with van der Waals surface area (Å²) in [6.07, 6.45) is 1.17. The Morgan fingerprint density at radius 3 is 2.40 bits per heavy atom. The van der Waals surface area contributed by atoms with Gasteiger partial charge in [-0.15, -0.1) is 0 Å². The van der Waals surface area contributed by atoms with E-state index in [1.807, 2.05) is 19.9 Å². The maximum Gasteiger partial charge on any atom is 0.342 e. The highest BCUT2D eigenvalue weighted by atomic mass is 35.5. The van der Waals surface area contributed by atoms with Gasteiger partial charge in [0.15, 0.2) is 16.9 Å². The minimum absolute atomic E-state index is 0.0455. The van der Waals surface area contributed by atoms with Crippen LogP contribution in [0.1, 0.15) is 35.7 Å². The Bertz CT molecular complexity index is 918. The van der Waals surface area contributed by atoms with Gasteiger partial charge in [0.2, 0.25) is 0 Å². The summed E-state index contributed by atoms with van der Waals surface area (Å²) in [4.78, 5) is 22.4. The molecule has 0 radical (unpaired) electrons. The van der Waals surface area contributed by atoms with Crippen molar-refractivity contribution in [2.24, 2.45) is 0 Å². The molecule has 0 spiro atoms. The van der Waals surface area contributed by atoms with Crippen LogP contribution in [0.25, 0.3) is 0 Å². The van der Waals surface area contributed by atoms with Crippen molar-refractivity contribution < 1.29 is 19.1 Å². The van der Waals surface area contributed by atoms with E-state index in [2.05, 4.69) is 5.32 Å².